The Kier molecular flexibility index (Phi) is 4.83. The van der Waals surface area contributed by atoms with Gasteiger partial charge in [0.05, 0.1) is 24.3 Å². The third-order valence-electron chi connectivity index (χ3n) is 3.97. The van der Waals surface area contributed by atoms with E-state index in [0.717, 1.165) is 5.56 Å². The van der Waals surface area contributed by atoms with Crippen molar-refractivity contribution < 1.29 is 23.6 Å². The zero-order chi connectivity index (χ0) is 18.7. The van der Waals surface area contributed by atoms with Crippen LogP contribution < -0.4 is 5.32 Å². The number of carboxylic acids is 1. The summed E-state index contributed by atoms with van der Waals surface area (Å²) in [6.45, 7) is 3.59. The van der Waals surface area contributed by atoms with Crippen molar-refractivity contribution in [3.8, 4) is 11.4 Å². The molecule has 0 unspecified atom stereocenters. The smallest absolute Gasteiger partial charge is 0.316 e. The fourth-order valence-corrected chi connectivity index (χ4v) is 2.65. The molecule has 2 aromatic heterocycles. The number of hydrogen-bond acceptors (Lipinski definition) is 6. The van der Waals surface area contributed by atoms with E-state index in [1.165, 1.54) is 6.26 Å². The van der Waals surface area contributed by atoms with Crippen LogP contribution in [0.5, 0.6) is 0 Å². The van der Waals surface area contributed by atoms with Gasteiger partial charge in [0.15, 0.2) is 0 Å². The lowest BCUT2D eigenvalue weighted by Gasteiger charge is -2.18. The highest BCUT2D eigenvalue weighted by molar-refractivity contribution is 5.90. The van der Waals surface area contributed by atoms with Crippen LogP contribution in [0.4, 0.5) is 0 Å². The molecule has 8 heteroatoms. The molecule has 3 rings (SSSR count). The molecule has 0 aliphatic rings. The second kappa shape index (κ2) is 7.22. The predicted octanol–water partition coefficient (Wildman–Crippen LogP) is 2.89. The summed E-state index contributed by atoms with van der Waals surface area (Å²) < 4.78 is 10.2. The number of nitrogens with zero attached hydrogens (tertiary/aromatic N) is 2. The Morgan fingerprint density at radius 3 is 2.65 bits per heavy atom. The summed E-state index contributed by atoms with van der Waals surface area (Å²) in [6.07, 6.45) is 1.22. The van der Waals surface area contributed by atoms with Crippen LogP contribution in [0.15, 0.2) is 45.5 Å². The fourth-order valence-electron chi connectivity index (χ4n) is 2.65. The molecule has 134 valence electrons. The quantitative estimate of drug-likeness (QED) is 0.698. The Hall–Kier alpha value is -3.42. The average molecular weight is 355 g/mol. The molecule has 0 radical (unpaired) electrons. The van der Waals surface area contributed by atoms with Crippen molar-refractivity contribution in [3.63, 3.8) is 0 Å². The van der Waals surface area contributed by atoms with Gasteiger partial charge in [-0.25, -0.2) is 0 Å². The van der Waals surface area contributed by atoms with Crippen LogP contribution in [-0.2, 0) is 4.79 Å². The molecule has 0 spiro atoms. The maximum atomic E-state index is 12.5. The van der Waals surface area contributed by atoms with E-state index in [9.17, 15) is 9.59 Å². The SMILES string of the molecule is Cc1ccccc1[C@H](CC(=O)O)NC(=O)c1nc(-c2ccoc2C)no1. The Morgan fingerprint density at radius 1 is 1.23 bits per heavy atom. The average Bonchev–Trinajstić information content (AvgIpc) is 3.23. The number of aryl methyl sites for hydroxylation is 2. The van der Waals surface area contributed by atoms with Crippen LogP contribution in [0.3, 0.4) is 0 Å². The molecule has 26 heavy (non-hydrogen) atoms. The summed E-state index contributed by atoms with van der Waals surface area (Å²) in [5.74, 6) is -1.09. The maximum absolute atomic E-state index is 12.5. The first-order chi connectivity index (χ1) is 12.5. The maximum Gasteiger partial charge on any atom is 0.316 e. The van der Waals surface area contributed by atoms with E-state index in [-0.39, 0.29) is 18.1 Å². The molecule has 0 saturated heterocycles. The summed E-state index contributed by atoms with van der Waals surface area (Å²) in [5, 5.41) is 15.6. The molecule has 0 aliphatic carbocycles. The molecular weight excluding hydrogens is 338 g/mol. The number of rotatable bonds is 6. The van der Waals surface area contributed by atoms with Gasteiger partial charge >= 0.3 is 17.8 Å². The minimum atomic E-state index is -1.03. The minimum Gasteiger partial charge on any atom is -0.481 e. The van der Waals surface area contributed by atoms with Gasteiger partial charge in [0.2, 0.25) is 5.82 Å². The van der Waals surface area contributed by atoms with Crippen LogP contribution in [0.1, 0.15) is 40.0 Å². The molecule has 2 N–H and O–H groups in total. The minimum absolute atomic E-state index is 0.229. The Bertz CT molecular complexity index is 944. The molecule has 1 atom stereocenters. The third-order valence-corrected chi connectivity index (χ3v) is 3.97. The highest BCUT2D eigenvalue weighted by atomic mass is 16.5. The van der Waals surface area contributed by atoms with E-state index >= 15 is 0 Å². The van der Waals surface area contributed by atoms with Crippen LogP contribution in [0.25, 0.3) is 11.4 Å². The highest BCUT2D eigenvalue weighted by Gasteiger charge is 2.24. The van der Waals surface area contributed by atoms with E-state index in [0.29, 0.717) is 16.9 Å². The lowest BCUT2D eigenvalue weighted by atomic mass is 9.99. The Morgan fingerprint density at radius 2 is 2.00 bits per heavy atom. The molecule has 1 amide bonds. The fraction of sp³-hybridized carbons (Fsp3) is 0.222. The van der Waals surface area contributed by atoms with Crippen molar-refractivity contribution in [2.45, 2.75) is 26.3 Å². The van der Waals surface area contributed by atoms with Crippen molar-refractivity contribution in [2.24, 2.45) is 0 Å². The van der Waals surface area contributed by atoms with E-state index in [1.807, 2.05) is 19.1 Å². The third kappa shape index (κ3) is 3.64. The lowest BCUT2D eigenvalue weighted by Crippen LogP contribution is -2.30. The van der Waals surface area contributed by atoms with Crippen molar-refractivity contribution in [3.05, 3.63) is 59.4 Å². The number of benzene rings is 1. The first-order valence-electron chi connectivity index (χ1n) is 7.92. The Balaban J connectivity index is 1.82. The number of carbonyl (C=O) groups is 2. The van der Waals surface area contributed by atoms with E-state index in [2.05, 4.69) is 15.5 Å². The normalized spacial score (nSPS) is 11.9. The number of amides is 1. The molecule has 0 saturated carbocycles. The standard InChI is InChI=1S/C18H17N3O5/c1-10-5-3-4-6-12(10)14(9-15(22)23)19-17(24)18-20-16(21-26-18)13-7-8-25-11(13)2/h3-8,14H,9H2,1-2H3,(H,19,24)(H,22,23)/t14-/m0/s1. The van der Waals surface area contributed by atoms with Gasteiger partial charge < -0.3 is 19.4 Å². The first-order valence-corrected chi connectivity index (χ1v) is 7.92. The van der Waals surface area contributed by atoms with Crippen molar-refractivity contribution >= 4 is 11.9 Å². The van der Waals surface area contributed by atoms with Gasteiger partial charge in [-0.1, -0.05) is 29.4 Å². The summed E-state index contributed by atoms with van der Waals surface area (Å²) in [6, 6.07) is 8.21. The Labute approximate surface area is 148 Å². The number of hydrogen-bond donors (Lipinski definition) is 2. The number of nitrogens with one attached hydrogen (secondary N) is 1. The second-order valence-electron chi connectivity index (χ2n) is 5.79. The van der Waals surface area contributed by atoms with E-state index in [1.54, 1.807) is 25.1 Å². The van der Waals surface area contributed by atoms with Crippen LogP contribution in [0.2, 0.25) is 0 Å². The van der Waals surface area contributed by atoms with Crippen LogP contribution >= 0.6 is 0 Å². The molecule has 8 nitrogen and oxygen atoms in total. The predicted molar refractivity (Wildman–Crippen MR) is 90.4 cm³/mol. The van der Waals surface area contributed by atoms with Crippen LogP contribution in [-0.4, -0.2) is 27.1 Å². The van der Waals surface area contributed by atoms with Crippen molar-refractivity contribution in [2.75, 3.05) is 0 Å². The zero-order valence-corrected chi connectivity index (χ0v) is 14.2. The molecule has 0 fully saturated rings. The van der Waals surface area contributed by atoms with Gasteiger partial charge in [-0.3, -0.25) is 9.59 Å². The number of carbonyl (C=O) groups excluding carboxylic acids is 1. The molecule has 2 heterocycles. The number of aliphatic carboxylic acids is 1. The van der Waals surface area contributed by atoms with Gasteiger partial charge in [0.25, 0.3) is 0 Å². The monoisotopic (exact) mass is 355 g/mol. The molecule has 0 bridgehead atoms. The van der Waals surface area contributed by atoms with Gasteiger partial charge in [0, 0.05) is 0 Å². The molecular formula is C18H17N3O5. The summed E-state index contributed by atoms with van der Waals surface area (Å²) in [7, 11) is 0. The first kappa shape index (κ1) is 17.4. The largest absolute Gasteiger partial charge is 0.481 e. The van der Waals surface area contributed by atoms with Gasteiger partial charge in [-0.15, -0.1) is 0 Å². The number of carboxylic acid groups (broad SMARTS) is 1. The molecule has 1 aromatic carbocycles. The summed E-state index contributed by atoms with van der Waals surface area (Å²) in [4.78, 5) is 27.7. The molecule has 3 aromatic rings. The number of furan rings is 1. The topological polar surface area (TPSA) is 118 Å². The lowest BCUT2D eigenvalue weighted by molar-refractivity contribution is -0.137. The molecule has 0 aliphatic heterocycles. The summed E-state index contributed by atoms with van der Waals surface area (Å²) >= 11 is 0. The second-order valence-corrected chi connectivity index (χ2v) is 5.79. The van der Waals surface area contributed by atoms with Crippen molar-refractivity contribution in [1.29, 1.82) is 0 Å². The van der Waals surface area contributed by atoms with Crippen LogP contribution in [0, 0.1) is 13.8 Å². The van der Waals surface area contributed by atoms with Gasteiger partial charge in [0.1, 0.15) is 5.76 Å². The van der Waals surface area contributed by atoms with E-state index < -0.39 is 17.9 Å². The van der Waals surface area contributed by atoms with E-state index in [4.69, 9.17) is 14.0 Å². The van der Waals surface area contributed by atoms with Gasteiger partial charge in [-0.2, -0.15) is 4.98 Å². The highest BCUT2D eigenvalue weighted by Crippen LogP contribution is 2.23. The van der Waals surface area contributed by atoms with Crippen molar-refractivity contribution in [1.82, 2.24) is 15.5 Å². The number of aromatic nitrogens is 2. The zero-order valence-electron chi connectivity index (χ0n) is 14.2. The van der Waals surface area contributed by atoms with Gasteiger partial charge in [-0.05, 0) is 31.0 Å². The summed E-state index contributed by atoms with van der Waals surface area (Å²) in [5.41, 5.74) is 2.21.